The first-order chi connectivity index (χ1) is 7.28. The van der Waals surface area contributed by atoms with Crippen molar-refractivity contribution in [2.75, 3.05) is 13.1 Å². The molecule has 1 atom stereocenters. The Morgan fingerprint density at radius 1 is 1.56 bits per heavy atom. The first-order valence-electron chi connectivity index (χ1n) is 5.57. The minimum Gasteiger partial charge on any atom is -0.339 e. The molecule has 0 spiro atoms. The first kappa shape index (κ1) is 13.4. The Hall–Kier alpha value is -0.650. The monoisotopic (exact) mass is 246 g/mol. The van der Waals surface area contributed by atoms with Crippen LogP contribution in [0.4, 0.5) is 0 Å². The molecule has 1 aliphatic rings. The maximum Gasteiger partial charge on any atom is 0.226 e. The van der Waals surface area contributed by atoms with Gasteiger partial charge in [-0.05, 0) is 19.4 Å². The van der Waals surface area contributed by atoms with Crippen molar-refractivity contribution in [2.24, 2.45) is 5.73 Å². The van der Waals surface area contributed by atoms with E-state index in [1.807, 2.05) is 6.92 Å². The third-order valence-electron chi connectivity index (χ3n) is 2.72. The van der Waals surface area contributed by atoms with Gasteiger partial charge in [-0.15, -0.1) is 12.4 Å². The van der Waals surface area contributed by atoms with Crippen molar-refractivity contribution < 1.29 is 4.52 Å². The molecule has 5 nitrogen and oxygen atoms in total. The van der Waals surface area contributed by atoms with Crippen LogP contribution in [-0.2, 0) is 13.0 Å². The van der Waals surface area contributed by atoms with Crippen molar-refractivity contribution >= 4 is 12.4 Å². The minimum absolute atomic E-state index is 0. The largest absolute Gasteiger partial charge is 0.339 e. The summed E-state index contributed by atoms with van der Waals surface area (Å²) in [7, 11) is 0. The molecule has 2 rings (SSSR count). The van der Waals surface area contributed by atoms with Gasteiger partial charge in [0.1, 0.15) is 0 Å². The number of aromatic nitrogens is 2. The highest BCUT2D eigenvalue weighted by Crippen LogP contribution is 2.11. The fraction of sp³-hybridized carbons (Fsp3) is 0.800. The van der Waals surface area contributed by atoms with Crippen LogP contribution in [0.25, 0.3) is 0 Å². The Labute approximate surface area is 102 Å². The number of hydrogen-bond acceptors (Lipinski definition) is 5. The summed E-state index contributed by atoms with van der Waals surface area (Å²) in [5, 5.41) is 3.94. The smallest absolute Gasteiger partial charge is 0.226 e. The molecule has 1 aromatic rings. The minimum atomic E-state index is 0. The number of hydrogen-bond donors (Lipinski definition) is 1. The lowest BCUT2D eigenvalue weighted by molar-refractivity contribution is 0.195. The topological polar surface area (TPSA) is 68.2 Å². The van der Waals surface area contributed by atoms with Crippen LogP contribution < -0.4 is 5.73 Å². The lowest BCUT2D eigenvalue weighted by atomic mass is 10.1. The Balaban J connectivity index is 0.00000128. The van der Waals surface area contributed by atoms with E-state index < -0.39 is 0 Å². The molecule has 1 fully saturated rings. The quantitative estimate of drug-likeness (QED) is 0.861. The summed E-state index contributed by atoms with van der Waals surface area (Å²) in [6, 6.07) is 0.302. The van der Waals surface area contributed by atoms with E-state index in [2.05, 4.69) is 15.0 Å². The van der Waals surface area contributed by atoms with Gasteiger partial charge in [0.25, 0.3) is 0 Å². The molecule has 0 radical (unpaired) electrons. The van der Waals surface area contributed by atoms with E-state index >= 15 is 0 Å². The molecule has 1 aromatic heterocycles. The molecule has 0 saturated carbocycles. The van der Waals surface area contributed by atoms with E-state index in [-0.39, 0.29) is 12.4 Å². The van der Waals surface area contributed by atoms with Crippen molar-refractivity contribution in [2.45, 2.75) is 38.8 Å². The van der Waals surface area contributed by atoms with E-state index in [1.165, 1.54) is 6.42 Å². The molecule has 1 saturated heterocycles. The number of rotatable bonds is 3. The van der Waals surface area contributed by atoms with Crippen molar-refractivity contribution in [3.05, 3.63) is 11.7 Å². The maximum atomic E-state index is 5.90. The van der Waals surface area contributed by atoms with Gasteiger partial charge in [0, 0.05) is 19.0 Å². The van der Waals surface area contributed by atoms with Gasteiger partial charge in [-0.1, -0.05) is 12.1 Å². The summed E-state index contributed by atoms with van der Waals surface area (Å²) in [5.74, 6) is 1.49. The Bertz CT molecular complexity index is 318. The van der Waals surface area contributed by atoms with Gasteiger partial charge in [-0.3, -0.25) is 4.90 Å². The molecule has 0 amide bonds. The molecule has 1 aliphatic heterocycles. The Morgan fingerprint density at radius 3 is 3.00 bits per heavy atom. The highest BCUT2D eigenvalue weighted by Gasteiger charge is 2.18. The van der Waals surface area contributed by atoms with Crippen LogP contribution >= 0.6 is 12.4 Å². The maximum absolute atomic E-state index is 5.90. The highest BCUT2D eigenvalue weighted by molar-refractivity contribution is 5.85. The molecule has 0 aliphatic carbocycles. The number of nitrogens with two attached hydrogens (primary N) is 1. The number of halogens is 1. The zero-order chi connectivity index (χ0) is 10.7. The van der Waals surface area contributed by atoms with Crippen molar-refractivity contribution in [3.63, 3.8) is 0 Å². The summed E-state index contributed by atoms with van der Waals surface area (Å²) in [5.41, 5.74) is 5.90. The summed E-state index contributed by atoms with van der Waals surface area (Å²) in [4.78, 5) is 6.58. The third kappa shape index (κ3) is 3.43. The molecule has 92 valence electrons. The predicted molar refractivity (Wildman–Crippen MR) is 63.4 cm³/mol. The average Bonchev–Trinajstić information content (AvgIpc) is 2.65. The fourth-order valence-electron chi connectivity index (χ4n) is 1.93. The van der Waals surface area contributed by atoms with E-state index in [4.69, 9.17) is 10.3 Å². The Morgan fingerprint density at radius 2 is 2.38 bits per heavy atom. The van der Waals surface area contributed by atoms with Gasteiger partial charge in [0.15, 0.2) is 5.82 Å². The molecule has 2 N–H and O–H groups in total. The number of likely N-dealkylation sites (tertiary alicyclic amines) is 1. The van der Waals surface area contributed by atoms with Crippen LogP contribution in [0.5, 0.6) is 0 Å². The Kier molecular flexibility index (Phi) is 5.18. The molecular weight excluding hydrogens is 228 g/mol. The van der Waals surface area contributed by atoms with Crippen molar-refractivity contribution in [1.82, 2.24) is 15.0 Å². The fourth-order valence-corrected chi connectivity index (χ4v) is 1.93. The third-order valence-corrected chi connectivity index (χ3v) is 2.72. The highest BCUT2D eigenvalue weighted by atomic mass is 35.5. The summed E-state index contributed by atoms with van der Waals surface area (Å²) < 4.78 is 5.06. The van der Waals surface area contributed by atoms with Crippen LogP contribution in [0.15, 0.2) is 4.52 Å². The lowest BCUT2D eigenvalue weighted by Crippen LogP contribution is -2.42. The lowest BCUT2D eigenvalue weighted by Gasteiger charge is -2.29. The second-order valence-corrected chi connectivity index (χ2v) is 4.10. The second kappa shape index (κ2) is 6.18. The molecule has 16 heavy (non-hydrogen) atoms. The molecule has 0 bridgehead atoms. The van der Waals surface area contributed by atoms with Crippen LogP contribution in [0.3, 0.4) is 0 Å². The van der Waals surface area contributed by atoms with Crippen LogP contribution in [0.1, 0.15) is 31.5 Å². The molecule has 1 unspecified atom stereocenters. The second-order valence-electron chi connectivity index (χ2n) is 4.10. The van der Waals surface area contributed by atoms with Crippen molar-refractivity contribution in [1.29, 1.82) is 0 Å². The van der Waals surface area contributed by atoms with Gasteiger partial charge in [-0.25, -0.2) is 0 Å². The number of aryl methyl sites for hydroxylation is 1. The standard InChI is InChI=1S/C10H18N4O.ClH/c1-2-10-12-9(13-15-10)7-14-5-3-4-8(11)6-14;/h8H,2-7,11H2,1H3;1H. The zero-order valence-electron chi connectivity index (χ0n) is 9.56. The number of nitrogens with zero attached hydrogens (tertiary/aromatic N) is 3. The SMILES string of the molecule is CCc1nc(CN2CCCC(N)C2)no1.Cl. The van der Waals surface area contributed by atoms with E-state index in [0.717, 1.165) is 38.3 Å². The van der Waals surface area contributed by atoms with Gasteiger partial charge < -0.3 is 10.3 Å². The van der Waals surface area contributed by atoms with Gasteiger partial charge in [-0.2, -0.15) is 4.98 Å². The summed E-state index contributed by atoms with van der Waals surface area (Å²) in [6.45, 7) is 4.80. The van der Waals surface area contributed by atoms with E-state index in [9.17, 15) is 0 Å². The van der Waals surface area contributed by atoms with Crippen LogP contribution in [-0.4, -0.2) is 34.2 Å². The normalized spacial score (nSPS) is 21.8. The van der Waals surface area contributed by atoms with Crippen LogP contribution in [0, 0.1) is 0 Å². The molecule has 6 heteroatoms. The van der Waals surface area contributed by atoms with Crippen molar-refractivity contribution in [3.8, 4) is 0 Å². The van der Waals surface area contributed by atoms with E-state index in [1.54, 1.807) is 0 Å². The van der Waals surface area contributed by atoms with E-state index in [0.29, 0.717) is 11.9 Å². The van der Waals surface area contributed by atoms with Crippen LogP contribution in [0.2, 0.25) is 0 Å². The van der Waals surface area contributed by atoms with Gasteiger partial charge >= 0.3 is 0 Å². The zero-order valence-corrected chi connectivity index (χ0v) is 10.4. The number of piperidine rings is 1. The predicted octanol–water partition coefficient (Wildman–Crippen LogP) is 0.977. The summed E-state index contributed by atoms with van der Waals surface area (Å²) in [6.07, 6.45) is 3.09. The molecule has 0 aromatic carbocycles. The van der Waals surface area contributed by atoms with Gasteiger partial charge in [0.05, 0.1) is 6.54 Å². The molecule has 2 heterocycles. The average molecular weight is 247 g/mol. The first-order valence-corrected chi connectivity index (χ1v) is 5.57. The summed E-state index contributed by atoms with van der Waals surface area (Å²) >= 11 is 0. The molecular formula is C10H19ClN4O. The van der Waals surface area contributed by atoms with Gasteiger partial charge in [0.2, 0.25) is 5.89 Å².